The van der Waals surface area contributed by atoms with Gasteiger partial charge in [-0.15, -0.1) is 0 Å². The molecule has 0 saturated heterocycles. The molecule has 0 radical (unpaired) electrons. The summed E-state index contributed by atoms with van der Waals surface area (Å²) >= 11 is 0. The van der Waals surface area contributed by atoms with Gasteiger partial charge in [-0.3, -0.25) is 0 Å². The average molecular weight is 285 g/mol. The summed E-state index contributed by atoms with van der Waals surface area (Å²) in [6.45, 7) is 3.61. The molecule has 112 valence electrons. The number of rotatable bonds is 7. The molecular formula is C18H23NO2. The number of hydrogen-bond donors (Lipinski definition) is 1. The van der Waals surface area contributed by atoms with Gasteiger partial charge in [0.2, 0.25) is 0 Å². The standard InChI is InChI=1S/C18H23NO2/c1-14(17-9-4-5-10-18(17)21-3)19-12-15-7-6-8-16(11-15)13-20-2/h4-11,14,19H,12-13H2,1-3H3. The van der Waals surface area contributed by atoms with E-state index in [0.717, 1.165) is 12.3 Å². The topological polar surface area (TPSA) is 30.5 Å². The maximum Gasteiger partial charge on any atom is 0.123 e. The summed E-state index contributed by atoms with van der Waals surface area (Å²) in [6.07, 6.45) is 0. The zero-order valence-electron chi connectivity index (χ0n) is 12.9. The van der Waals surface area contributed by atoms with Crippen LogP contribution in [0.4, 0.5) is 0 Å². The fourth-order valence-electron chi connectivity index (χ4n) is 2.40. The van der Waals surface area contributed by atoms with Crippen molar-refractivity contribution in [1.82, 2.24) is 5.32 Å². The maximum absolute atomic E-state index is 5.41. The minimum atomic E-state index is 0.229. The lowest BCUT2D eigenvalue weighted by Crippen LogP contribution is -2.18. The van der Waals surface area contributed by atoms with Gasteiger partial charge in [0.1, 0.15) is 5.75 Å². The van der Waals surface area contributed by atoms with E-state index in [4.69, 9.17) is 9.47 Å². The van der Waals surface area contributed by atoms with Gasteiger partial charge in [-0.25, -0.2) is 0 Å². The van der Waals surface area contributed by atoms with Gasteiger partial charge in [-0.2, -0.15) is 0 Å². The monoisotopic (exact) mass is 285 g/mol. The molecule has 0 amide bonds. The molecule has 0 aliphatic carbocycles. The Bertz CT molecular complexity index is 569. The molecule has 0 heterocycles. The highest BCUT2D eigenvalue weighted by Gasteiger charge is 2.10. The number of nitrogens with one attached hydrogen (secondary N) is 1. The van der Waals surface area contributed by atoms with E-state index in [1.165, 1.54) is 16.7 Å². The Labute approximate surface area is 126 Å². The number of ether oxygens (including phenoxy) is 2. The van der Waals surface area contributed by atoms with Crippen molar-refractivity contribution in [3.05, 3.63) is 65.2 Å². The molecule has 3 nitrogen and oxygen atoms in total. The normalized spacial score (nSPS) is 12.1. The van der Waals surface area contributed by atoms with Crippen LogP contribution in [0.25, 0.3) is 0 Å². The molecule has 21 heavy (non-hydrogen) atoms. The first-order chi connectivity index (χ1) is 10.2. The second kappa shape index (κ2) is 7.81. The summed E-state index contributed by atoms with van der Waals surface area (Å²) in [4.78, 5) is 0. The van der Waals surface area contributed by atoms with Crippen LogP contribution in [-0.4, -0.2) is 14.2 Å². The predicted octanol–water partition coefficient (Wildman–Crippen LogP) is 3.69. The quantitative estimate of drug-likeness (QED) is 0.841. The van der Waals surface area contributed by atoms with Crippen molar-refractivity contribution in [3.8, 4) is 5.75 Å². The van der Waals surface area contributed by atoms with Crippen LogP contribution in [0.1, 0.15) is 29.7 Å². The minimum Gasteiger partial charge on any atom is -0.496 e. The second-order valence-corrected chi connectivity index (χ2v) is 5.10. The zero-order chi connectivity index (χ0) is 15.1. The average Bonchev–Trinajstić information content (AvgIpc) is 2.53. The van der Waals surface area contributed by atoms with E-state index >= 15 is 0 Å². The molecule has 1 unspecified atom stereocenters. The highest BCUT2D eigenvalue weighted by atomic mass is 16.5. The van der Waals surface area contributed by atoms with Crippen LogP contribution in [0.15, 0.2) is 48.5 Å². The van der Waals surface area contributed by atoms with Crippen LogP contribution in [0.5, 0.6) is 5.75 Å². The first-order valence-electron chi connectivity index (χ1n) is 7.17. The fourth-order valence-corrected chi connectivity index (χ4v) is 2.40. The lowest BCUT2D eigenvalue weighted by atomic mass is 10.1. The largest absolute Gasteiger partial charge is 0.496 e. The van der Waals surface area contributed by atoms with Gasteiger partial charge < -0.3 is 14.8 Å². The third-order valence-electron chi connectivity index (χ3n) is 3.52. The van der Waals surface area contributed by atoms with Crippen LogP contribution < -0.4 is 10.1 Å². The third kappa shape index (κ3) is 4.31. The van der Waals surface area contributed by atoms with Crippen molar-refractivity contribution in [2.75, 3.05) is 14.2 Å². The molecule has 3 heteroatoms. The summed E-state index contributed by atoms with van der Waals surface area (Å²) in [5.74, 6) is 0.922. The van der Waals surface area contributed by atoms with Gasteiger partial charge in [0, 0.05) is 25.3 Å². The molecule has 2 aromatic rings. The molecule has 0 fully saturated rings. The van der Waals surface area contributed by atoms with Gasteiger partial charge in [0.15, 0.2) is 0 Å². The van der Waals surface area contributed by atoms with Crippen LogP contribution in [0.2, 0.25) is 0 Å². The Hall–Kier alpha value is -1.84. The first-order valence-corrected chi connectivity index (χ1v) is 7.17. The van der Waals surface area contributed by atoms with Crippen molar-refractivity contribution < 1.29 is 9.47 Å². The minimum absolute atomic E-state index is 0.229. The van der Waals surface area contributed by atoms with Gasteiger partial charge in [0.05, 0.1) is 13.7 Å². The molecule has 2 aromatic carbocycles. The maximum atomic E-state index is 5.41. The molecule has 0 aromatic heterocycles. The Morgan fingerprint density at radius 3 is 2.52 bits per heavy atom. The number of benzene rings is 2. The smallest absolute Gasteiger partial charge is 0.123 e. The summed E-state index contributed by atoms with van der Waals surface area (Å²) in [6, 6.07) is 16.8. The summed E-state index contributed by atoms with van der Waals surface area (Å²) < 4.78 is 10.6. The van der Waals surface area contributed by atoms with Crippen molar-refractivity contribution in [2.45, 2.75) is 26.1 Å². The lowest BCUT2D eigenvalue weighted by Gasteiger charge is -2.17. The molecule has 0 bridgehead atoms. The number of para-hydroxylation sites is 1. The third-order valence-corrected chi connectivity index (χ3v) is 3.52. The second-order valence-electron chi connectivity index (χ2n) is 5.10. The van der Waals surface area contributed by atoms with Crippen molar-refractivity contribution in [2.24, 2.45) is 0 Å². The molecule has 0 aliphatic heterocycles. The van der Waals surface area contributed by atoms with Crippen molar-refractivity contribution in [1.29, 1.82) is 0 Å². The summed E-state index contributed by atoms with van der Waals surface area (Å²) in [5, 5.41) is 3.54. The molecule has 1 N–H and O–H groups in total. The summed E-state index contributed by atoms with van der Waals surface area (Å²) in [5.41, 5.74) is 3.63. The van der Waals surface area contributed by atoms with E-state index in [-0.39, 0.29) is 6.04 Å². The Morgan fingerprint density at radius 1 is 1.00 bits per heavy atom. The Kier molecular flexibility index (Phi) is 5.78. The van der Waals surface area contributed by atoms with Crippen LogP contribution in [0.3, 0.4) is 0 Å². The van der Waals surface area contributed by atoms with Crippen molar-refractivity contribution in [3.63, 3.8) is 0 Å². The predicted molar refractivity (Wildman–Crippen MR) is 85.4 cm³/mol. The van der Waals surface area contributed by atoms with E-state index in [1.54, 1.807) is 14.2 Å². The fraction of sp³-hybridized carbons (Fsp3) is 0.333. The van der Waals surface area contributed by atoms with Crippen molar-refractivity contribution >= 4 is 0 Å². The van der Waals surface area contributed by atoms with Crippen LogP contribution >= 0.6 is 0 Å². The van der Waals surface area contributed by atoms with E-state index in [1.807, 2.05) is 18.2 Å². The first kappa shape index (κ1) is 15.5. The van der Waals surface area contributed by atoms with Gasteiger partial charge in [-0.05, 0) is 24.1 Å². The SMILES string of the molecule is COCc1cccc(CNC(C)c2ccccc2OC)c1. The van der Waals surface area contributed by atoms with Crippen LogP contribution in [0, 0.1) is 0 Å². The van der Waals surface area contributed by atoms with Gasteiger partial charge in [-0.1, -0.05) is 42.5 Å². The number of methoxy groups -OCH3 is 2. The van der Waals surface area contributed by atoms with Crippen LogP contribution in [-0.2, 0) is 17.9 Å². The van der Waals surface area contributed by atoms with E-state index in [9.17, 15) is 0 Å². The lowest BCUT2D eigenvalue weighted by molar-refractivity contribution is 0.185. The van der Waals surface area contributed by atoms with E-state index < -0.39 is 0 Å². The molecule has 2 rings (SSSR count). The van der Waals surface area contributed by atoms with Gasteiger partial charge in [0.25, 0.3) is 0 Å². The molecule has 0 spiro atoms. The zero-order valence-corrected chi connectivity index (χ0v) is 12.9. The van der Waals surface area contributed by atoms with E-state index in [0.29, 0.717) is 6.61 Å². The highest BCUT2D eigenvalue weighted by Crippen LogP contribution is 2.24. The molecule has 1 atom stereocenters. The Balaban J connectivity index is 2.00. The summed E-state index contributed by atoms with van der Waals surface area (Å²) in [7, 11) is 3.43. The van der Waals surface area contributed by atoms with E-state index in [2.05, 4.69) is 42.6 Å². The molecule has 0 saturated carbocycles. The Morgan fingerprint density at radius 2 is 1.76 bits per heavy atom. The van der Waals surface area contributed by atoms with Gasteiger partial charge >= 0.3 is 0 Å². The highest BCUT2D eigenvalue weighted by molar-refractivity contribution is 5.35. The number of hydrogen-bond acceptors (Lipinski definition) is 3. The molecular weight excluding hydrogens is 262 g/mol. The molecule has 0 aliphatic rings.